The number of carboxylic acid groups (broad SMARTS) is 1. The van der Waals surface area contributed by atoms with Gasteiger partial charge in [0.2, 0.25) is 0 Å². The van der Waals surface area contributed by atoms with Crippen molar-refractivity contribution in [2.24, 2.45) is 17.8 Å². The van der Waals surface area contributed by atoms with E-state index in [9.17, 15) is 4.79 Å². The van der Waals surface area contributed by atoms with Crippen molar-refractivity contribution in [1.29, 1.82) is 0 Å². The molecule has 1 heterocycles. The molecule has 0 aliphatic heterocycles. The van der Waals surface area contributed by atoms with Crippen LogP contribution in [0.15, 0.2) is 16.5 Å². The quantitative estimate of drug-likeness (QED) is 0.843. The van der Waals surface area contributed by atoms with Gasteiger partial charge < -0.3 is 14.8 Å². The van der Waals surface area contributed by atoms with E-state index < -0.39 is 5.97 Å². The summed E-state index contributed by atoms with van der Waals surface area (Å²) in [5.41, 5.74) is 0. The zero-order valence-electron chi connectivity index (χ0n) is 12.7. The summed E-state index contributed by atoms with van der Waals surface area (Å²) in [6.45, 7) is 4.00. The van der Waals surface area contributed by atoms with E-state index in [-0.39, 0.29) is 5.92 Å². The van der Waals surface area contributed by atoms with Gasteiger partial charge in [-0.2, -0.15) is 0 Å². The molecule has 1 aromatic rings. The first kappa shape index (κ1) is 14.6. The minimum Gasteiger partial charge on any atom is -0.481 e. The van der Waals surface area contributed by atoms with Crippen molar-refractivity contribution < 1.29 is 14.3 Å². The van der Waals surface area contributed by atoms with Gasteiger partial charge in [-0.15, -0.1) is 0 Å². The highest BCUT2D eigenvalue weighted by Gasteiger charge is 2.36. The summed E-state index contributed by atoms with van der Waals surface area (Å²) in [6, 6.07) is 4.19. The van der Waals surface area contributed by atoms with Crippen LogP contribution in [0.1, 0.15) is 56.5 Å². The van der Waals surface area contributed by atoms with Crippen LogP contribution in [0.2, 0.25) is 0 Å². The van der Waals surface area contributed by atoms with Crippen LogP contribution >= 0.6 is 0 Å². The van der Waals surface area contributed by atoms with Gasteiger partial charge in [-0.3, -0.25) is 4.79 Å². The molecule has 0 radical (unpaired) electrons. The van der Waals surface area contributed by atoms with E-state index >= 15 is 0 Å². The molecular weight excluding hydrogens is 266 g/mol. The summed E-state index contributed by atoms with van der Waals surface area (Å²) in [6.07, 6.45) is 4.95. The zero-order chi connectivity index (χ0) is 14.8. The molecule has 2 N–H and O–H groups in total. The van der Waals surface area contributed by atoms with Gasteiger partial charge in [-0.25, -0.2) is 0 Å². The largest absolute Gasteiger partial charge is 0.481 e. The van der Waals surface area contributed by atoms with Gasteiger partial charge in [0.1, 0.15) is 11.5 Å². The Morgan fingerprint density at radius 3 is 2.67 bits per heavy atom. The van der Waals surface area contributed by atoms with Crippen LogP contribution in [0.4, 0.5) is 0 Å². The van der Waals surface area contributed by atoms with Gasteiger partial charge in [0.15, 0.2) is 0 Å². The first-order valence-electron chi connectivity index (χ1n) is 8.15. The highest BCUT2D eigenvalue weighted by molar-refractivity contribution is 5.69. The van der Waals surface area contributed by atoms with Crippen LogP contribution in [0.5, 0.6) is 0 Å². The van der Waals surface area contributed by atoms with E-state index in [1.54, 1.807) is 0 Å². The highest BCUT2D eigenvalue weighted by atomic mass is 16.4. The third kappa shape index (κ3) is 3.67. The molecule has 0 spiro atoms. The molecule has 21 heavy (non-hydrogen) atoms. The Kier molecular flexibility index (Phi) is 4.34. The predicted octanol–water partition coefficient (Wildman–Crippen LogP) is 3.38. The summed E-state index contributed by atoms with van der Waals surface area (Å²) in [5.74, 6) is 3.45. The maximum atomic E-state index is 10.9. The van der Waals surface area contributed by atoms with Crippen molar-refractivity contribution in [3.8, 4) is 0 Å². The maximum Gasteiger partial charge on any atom is 0.306 e. The summed E-state index contributed by atoms with van der Waals surface area (Å²) in [7, 11) is 0. The van der Waals surface area contributed by atoms with Gasteiger partial charge in [-0.1, -0.05) is 6.92 Å². The van der Waals surface area contributed by atoms with Crippen LogP contribution in [0.25, 0.3) is 0 Å². The summed E-state index contributed by atoms with van der Waals surface area (Å²) in [5, 5.41) is 12.5. The zero-order valence-corrected chi connectivity index (χ0v) is 12.7. The third-order valence-corrected chi connectivity index (χ3v) is 5.09. The molecule has 0 aromatic carbocycles. The topological polar surface area (TPSA) is 62.5 Å². The fourth-order valence-electron chi connectivity index (χ4n) is 3.42. The highest BCUT2D eigenvalue weighted by Crippen LogP contribution is 2.47. The predicted molar refractivity (Wildman–Crippen MR) is 80.0 cm³/mol. The summed E-state index contributed by atoms with van der Waals surface area (Å²) in [4.78, 5) is 10.9. The van der Waals surface area contributed by atoms with Crippen molar-refractivity contribution in [2.75, 3.05) is 6.54 Å². The number of carboxylic acids is 1. The molecule has 2 atom stereocenters. The van der Waals surface area contributed by atoms with E-state index in [4.69, 9.17) is 9.52 Å². The number of aliphatic carboxylic acids is 1. The fraction of sp³-hybridized carbons (Fsp3) is 0.706. The molecule has 116 valence electrons. The Bertz CT molecular complexity index is 488. The average molecular weight is 291 g/mol. The lowest BCUT2D eigenvalue weighted by Crippen LogP contribution is -2.28. The number of carbonyl (C=O) groups is 1. The molecule has 0 saturated heterocycles. The molecule has 0 amide bonds. The van der Waals surface area contributed by atoms with Crippen LogP contribution in [-0.2, 0) is 11.3 Å². The molecule has 1 aromatic heterocycles. The fourth-order valence-corrected chi connectivity index (χ4v) is 3.42. The van der Waals surface area contributed by atoms with Gasteiger partial charge in [0, 0.05) is 5.92 Å². The summed E-state index contributed by atoms with van der Waals surface area (Å²) >= 11 is 0. The molecule has 2 unspecified atom stereocenters. The number of rotatable bonds is 6. The maximum absolute atomic E-state index is 10.9. The average Bonchev–Trinajstić information content (AvgIpc) is 3.01. The first-order valence-corrected chi connectivity index (χ1v) is 8.15. The standard InChI is InChI=1S/C17H25NO3/c1-11-8-15(11)16-7-6-14(21-16)10-18-9-12-2-4-13(5-3-12)17(19)20/h6-7,11-13,15,18H,2-5,8-10H2,1H3,(H,19,20). The summed E-state index contributed by atoms with van der Waals surface area (Å²) < 4.78 is 5.88. The molecule has 4 nitrogen and oxygen atoms in total. The molecule has 2 aliphatic rings. The second-order valence-electron chi connectivity index (χ2n) is 6.81. The molecular formula is C17H25NO3. The molecule has 2 fully saturated rings. The van der Waals surface area contributed by atoms with Crippen LogP contribution in [-0.4, -0.2) is 17.6 Å². The van der Waals surface area contributed by atoms with Crippen LogP contribution < -0.4 is 5.32 Å². The number of furan rings is 1. The van der Waals surface area contributed by atoms with E-state index in [0.29, 0.717) is 11.8 Å². The van der Waals surface area contributed by atoms with Crippen molar-refractivity contribution in [1.82, 2.24) is 5.32 Å². The number of nitrogens with one attached hydrogen (secondary N) is 1. The third-order valence-electron chi connectivity index (χ3n) is 5.09. The Labute approximate surface area is 125 Å². The van der Waals surface area contributed by atoms with Crippen LogP contribution in [0, 0.1) is 17.8 Å². The molecule has 3 rings (SSSR count). The van der Waals surface area contributed by atoms with Gasteiger partial charge in [0.05, 0.1) is 12.5 Å². The normalized spacial score (nSPS) is 32.0. The molecule has 0 bridgehead atoms. The lowest BCUT2D eigenvalue weighted by atomic mass is 9.82. The monoisotopic (exact) mass is 291 g/mol. The second-order valence-corrected chi connectivity index (χ2v) is 6.81. The smallest absolute Gasteiger partial charge is 0.306 e. The second kappa shape index (κ2) is 6.22. The SMILES string of the molecule is CC1CC1c1ccc(CNCC2CCC(C(=O)O)CC2)o1. The molecule has 4 heteroatoms. The molecule has 2 aliphatic carbocycles. The number of hydrogen-bond acceptors (Lipinski definition) is 3. The van der Waals surface area contributed by atoms with E-state index in [1.165, 1.54) is 6.42 Å². The lowest BCUT2D eigenvalue weighted by Gasteiger charge is -2.26. The number of hydrogen-bond donors (Lipinski definition) is 2. The van der Waals surface area contributed by atoms with E-state index in [0.717, 1.165) is 56.2 Å². The Hall–Kier alpha value is -1.29. The van der Waals surface area contributed by atoms with E-state index in [1.807, 2.05) is 0 Å². The Morgan fingerprint density at radius 2 is 2.05 bits per heavy atom. The Morgan fingerprint density at radius 1 is 1.33 bits per heavy atom. The first-order chi connectivity index (χ1) is 10.1. The van der Waals surface area contributed by atoms with E-state index in [2.05, 4.69) is 24.4 Å². The van der Waals surface area contributed by atoms with Crippen molar-refractivity contribution >= 4 is 5.97 Å². The minimum absolute atomic E-state index is 0.116. The van der Waals surface area contributed by atoms with Crippen molar-refractivity contribution in [2.45, 2.75) is 51.5 Å². The van der Waals surface area contributed by atoms with Gasteiger partial charge in [-0.05, 0) is 62.6 Å². The van der Waals surface area contributed by atoms with Gasteiger partial charge in [0.25, 0.3) is 0 Å². The van der Waals surface area contributed by atoms with Crippen molar-refractivity contribution in [3.63, 3.8) is 0 Å². The minimum atomic E-state index is -0.626. The van der Waals surface area contributed by atoms with Crippen molar-refractivity contribution in [3.05, 3.63) is 23.7 Å². The van der Waals surface area contributed by atoms with Crippen LogP contribution in [0.3, 0.4) is 0 Å². The van der Waals surface area contributed by atoms with Gasteiger partial charge >= 0.3 is 5.97 Å². The Balaban J connectivity index is 1.37. The lowest BCUT2D eigenvalue weighted by molar-refractivity contribution is -0.143. The molecule has 2 saturated carbocycles.